The van der Waals surface area contributed by atoms with E-state index in [2.05, 4.69) is 15.9 Å². The molecule has 1 unspecified atom stereocenters. The van der Waals surface area contributed by atoms with Gasteiger partial charge in [0.1, 0.15) is 5.75 Å². The number of ether oxygens (including phenoxy) is 1. The highest BCUT2D eigenvalue weighted by Gasteiger charge is 2.09. The molecule has 0 amide bonds. The number of methoxy groups -OCH3 is 1. The van der Waals surface area contributed by atoms with Gasteiger partial charge in [-0.05, 0) is 35.9 Å². The summed E-state index contributed by atoms with van der Waals surface area (Å²) in [6, 6.07) is 15.6. The number of benzene rings is 2. The largest absolute Gasteiger partial charge is 0.497 e. The third-order valence-electron chi connectivity index (χ3n) is 2.68. The molecule has 0 saturated carbocycles. The highest BCUT2D eigenvalue weighted by Crippen LogP contribution is 2.27. The van der Waals surface area contributed by atoms with Crippen LogP contribution in [-0.2, 0) is 0 Å². The maximum atomic E-state index is 10.2. The van der Waals surface area contributed by atoms with Crippen LogP contribution in [0.3, 0.4) is 0 Å². The van der Waals surface area contributed by atoms with Crippen molar-refractivity contribution in [1.29, 1.82) is 0 Å². The summed E-state index contributed by atoms with van der Waals surface area (Å²) in [6.07, 6.45) is -0.501. The molecule has 0 bridgehead atoms. The topological polar surface area (TPSA) is 29.5 Å². The van der Waals surface area contributed by atoms with Crippen LogP contribution in [0, 0.1) is 0 Å². The van der Waals surface area contributed by atoms with Gasteiger partial charge in [0.2, 0.25) is 0 Å². The molecule has 2 nitrogen and oxygen atoms in total. The van der Waals surface area contributed by atoms with Gasteiger partial charge in [0.15, 0.2) is 0 Å². The zero-order valence-electron chi connectivity index (χ0n) is 10.5. The second kappa shape index (κ2) is 6.98. The molecule has 0 spiro atoms. The van der Waals surface area contributed by atoms with Crippen LogP contribution >= 0.6 is 27.7 Å². The van der Waals surface area contributed by atoms with Gasteiger partial charge < -0.3 is 9.84 Å². The standard InChI is InChI=1S/C15H15BrO2S/c1-18-13-6-2-4-11(8-13)15(17)10-19-14-7-3-5-12(16)9-14/h2-9,15,17H,10H2,1H3. The van der Waals surface area contributed by atoms with E-state index in [1.807, 2.05) is 48.5 Å². The van der Waals surface area contributed by atoms with Gasteiger partial charge in [-0.1, -0.05) is 34.1 Å². The van der Waals surface area contributed by atoms with Crippen molar-refractivity contribution in [1.82, 2.24) is 0 Å². The Hall–Kier alpha value is -0.970. The minimum absolute atomic E-state index is 0.501. The van der Waals surface area contributed by atoms with Gasteiger partial charge in [-0.2, -0.15) is 0 Å². The van der Waals surface area contributed by atoms with E-state index in [9.17, 15) is 5.11 Å². The Morgan fingerprint density at radius 3 is 2.74 bits per heavy atom. The van der Waals surface area contributed by atoms with Gasteiger partial charge in [0.05, 0.1) is 13.2 Å². The van der Waals surface area contributed by atoms with E-state index in [1.54, 1.807) is 18.9 Å². The van der Waals surface area contributed by atoms with Gasteiger partial charge in [0, 0.05) is 15.1 Å². The highest BCUT2D eigenvalue weighted by molar-refractivity contribution is 9.10. The first-order valence-electron chi connectivity index (χ1n) is 5.89. The number of hydrogen-bond donors (Lipinski definition) is 1. The summed E-state index contributed by atoms with van der Waals surface area (Å²) in [5.41, 5.74) is 0.877. The van der Waals surface area contributed by atoms with Crippen molar-refractivity contribution in [2.75, 3.05) is 12.9 Å². The number of rotatable bonds is 5. The number of hydrogen-bond acceptors (Lipinski definition) is 3. The van der Waals surface area contributed by atoms with Crippen LogP contribution in [0.1, 0.15) is 11.7 Å². The molecule has 0 aliphatic carbocycles. The van der Waals surface area contributed by atoms with E-state index in [0.717, 1.165) is 20.7 Å². The van der Waals surface area contributed by atoms with E-state index >= 15 is 0 Å². The maximum absolute atomic E-state index is 10.2. The lowest BCUT2D eigenvalue weighted by atomic mass is 10.1. The average molecular weight is 339 g/mol. The van der Waals surface area contributed by atoms with E-state index in [4.69, 9.17) is 4.74 Å². The van der Waals surface area contributed by atoms with Crippen molar-refractivity contribution in [3.05, 3.63) is 58.6 Å². The fourth-order valence-electron chi connectivity index (χ4n) is 1.68. The Kier molecular flexibility index (Phi) is 5.31. The van der Waals surface area contributed by atoms with Crippen molar-refractivity contribution in [2.45, 2.75) is 11.0 Å². The lowest BCUT2D eigenvalue weighted by Gasteiger charge is -2.12. The fraction of sp³-hybridized carbons (Fsp3) is 0.200. The molecule has 0 aliphatic heterocycles. The van der Waals surface area contributed by atoms with Crippen LogP contribution in [0.2, 0.25) is 0 Å². The molecule has 0 saturated heterocycles. The summed E-state index contributed by atoms with van der Waals surface area (Å²) < 4.78 is 6.21. The van der Waals surface area contributed by atoms with E-state index in [1.165, 1.54) is 0 Å². The monoisotopic (exact) mass is 338 g/mol. The SMILES string of the molecule is COc1cccc(C(O)CSc2cccc(Br)c2)c1. The molecule has 1 atom stereocenters. The molecule has 0 radical (unpaired) electrons. The fourth-order valence-corrected chi connectivity index (χ4v) is 3.16. The summed E-state index contributed by atoms with van der Waals surface area (Å²) in [4.78, 5) is 1.14. The van der Waals surface area contributed by atoms with Gasteiger partial charge >= 0.3 is 0 Å². The second-order valence-electron chi connectivity index (χ2n) is 4.06. The predicted octanol–water partition coefficient (Wildman–Crippen LogP) is 4.28. The van der Waals surface area contributed by atoms with Gasteiger partial charge in [-0.25, -0.2) is 0 Å². The van der Waals surface area contributed by atoms with Crippen LogP contribution in [-0.4, -0.2) is 18.0 Å². The lowest BCUT2D eigenvalue weighted by Crippen LogP contribution is -2.00. The van der Waals surface area contributed by atoms with E-state index in [0.29, 0.717) is 5.75 Å². The molecule has 19 heavy (non-hydrogen) atoms. The zero-order chi connectivity index (χ0) is 13.7. The zero-order valence-corrected chi connectivity index (χ0v) is 12.9. The molecule has 0 aliphatic rings. The number of aliphatic hydroxyl groups excluding tert-OH is 1. The second-order valence-corrected chi connectivity index (χ2v) is 6.07. The summed E-state index contributed by atoms with van der Waals surface area (Å²) in [7, 11) is 1.63. The molecular formula is C15H15BrO2S. The normalized spacial score (nSPS) is 12.2. The quantitative estimate of drug-likeness (QED) is 0.825. The maximum Gasteiger partial charge on any atom is 0.119 e. The summed E-state index contributed by atoms with van der Waals surface area (Å²) in [5, 5.41) is 10.2. The molecule has 1 N–H and O–H groups in total. The summed E-state index contributed by atoms with van der Waals surface area (Å²) >= 11 is 5.07. The van der Waals surface area contributed by atoms with Crippen LogP contribution in [0.25, 0.3) is 0 Å². The van der Waals surface area contributed by atoms with Gasteiger partial charge in [0.25, 0.3) is 0 Å². The Morgan fingerprint density at radius 2 is 2.00 bits per heavy atom. The molecular weight excluding hydrogens is 324 g/mol. The molecule has 100 valence electrons. The Balaban J connectivity index is 1.99. The minimum atomic E-state index is -0.501. The van der Waals surface area contributed by atoms with Crippen LogP contribution in [0.5, 0.6) is 5.75 Å². The minimum Gasteiger partial charge on any atom is -0.497 e. The lowest BCUT2D eigenvalue weighted by molar-refractivity contribution is 0.203. The number of halogens is 1. The predicted molar refractivity (Wildman–Crippen MR) is 82.8 cm³/mol. The highest BCUT2D eigenvalue weighted by atomic mass is 79.9. The smallest absolute Gasteiger partial charge is 0.119 e. The van der Waals surface area contributed by atoms with Gasteiger partial charge in [-0.3, -0.25) is 0 Å². The van der Waals surface area contributed by atoms with Crippen molar-refractivity contribution >= 4 is 27.7 Å². The molecule has 2 aromatic carbocycles. The van der Waals surface area contributed by atoms with Crippen LogP contribution < -0.4 is 4.74 Å². The first kappa shape index (κ1) is 14.4. The van der Waals surface area contributed by atoms with Crippen molar-refractivity contribution < 1.29 is 9.84 Å². The van der Waals surface area contributed by atoms with Crippen molar-refractivity contribution in [2.24, 2.45) is 0 Å². The third-order valence-corrected chi connectivity index (χ3v) is 4.25. The van der Waals surface area contributed by atoms with E-state index < -0.39 is 6.10 Å². The van der Waals surface area contributed by atoms with Crippen molar-refractivity contribution in [3.63, 3.8) is 0 Å². The third kappa shape index (κ3) is 4.27. The Labute approximate surface area is 125 Å². The molecule has 0 heterocycles. The van der Waals surface area contributed by atoms with Crippen LogP contribution in [0.15, 0.2) is 57.9 Å². The van der Waals surface area contributed by atoms with Crippen molar-refractivity contribution in [3.8, 4) is 5.75 Å². The molecule has 4 heteroatoms. The summed E-state index contributed by atoms with van der Waals surface area (Å²) in [5.74, 6) is 1.38. The molecule has 2 rings (SSSR count). The number of aliphatic hydroxyl groups is 1. The number of thioether (sulfide) groups is 1. The first-order chi connectivity index (χ1) is 9.19. The van der Waals surface area contributed by atoms with Gasteiger partial charge in [-0.15, -0.1) is 11.8 Å². The molecule has 2 aromatic rings. The Morgan fingerprint density at radius 1 is 1.21 bits per heavy atom. The molecule has 0 aromatic heterocycles. The Bertz CT molecular complexity index is 545. The first-order valence-corrected chi connectivity index (χ1v) is 7.67. The van der Waals surface area contributed by atoms with Crippen LogP contribution in [0.4, 0.5) is 0 Å². The summed E-state index contributed by atoms with van der Waals surface area (Å²) in [6.45, 7) is 0. The average Bonchev–Trinajstić information content (AvgIpc) is 2.45. The van der Waals surface area contributed by atoms with E-state index in [-0.39, 0.29) is 0 Å². The molecule has 0 fully saturated rings.